The number of ether oxygens (including phenoxy) is 1. The summed E-state index contributed by atoms with van der Waals surface area (Å²) in [5.74, 6) is -0.359. The molecule has 1 aromatic carbocycles. The van der Waals surface area contributed by atoms with Crippen LogP contribution in [0.15, 0.2) is 47.0 Å². The van der Waals surface area contributed by atoms with Gasteiger partial charge in [0.15, 0.2) is 11.9 Å². The Morgan fingerprint density at radius 2 is 2.00 bits per heavy atom. The van der Waals surface area contributed by atoms with Crippen LogP contribution in [-0.4, -0.2) is 33.3 Å². The molecule has 2 aromatic heterocycles. The van der Waals surface area contributed by atoms with Crippen LogP contribution >= 0.6 is 0 Å². The summed E-state index contributed by atoms with van der Waals surface area (Å²) in [6.45, 7) is 3.17. The molecule has 0 unspecified atom stereocenters. The fraction of sp³-hybridized carbons (Fsp3) is 0.176. The topological polar surface area (TPSA) is 110 Å². The minimum atomic E-state index is -1.01. The number of nitrogens with zero attached hydrogens (tertiary/aromatic N) is 2. The lowest BCUT2D eigenvalue weighted by Crippen LogP contribution is -2.30. The Morgan fingerprint density at radius 1 is 1.24 bits per heavy atom. The van der Waals surface area contributed by atoms with E-state index in [1.165, 1.54) is 6.92 Å². The summed E-state index contributed by atoms with van der Waals surface area (Å²) in [4.78, 5) is 24.2. The number of anilines is 1. The molecule has 2 heterocycles. The number of aryl methyl sites for hydroxylation is 1. The Bertz CT molecular complexity index is 885. The number of amides is 1. The van der Waals surface area contributed by atoms with Gasteiger partial charge in [0, 0.05) is 11.6 Å². The minimum Gasteiger partial charge on any atom is -0.448 e. The number of rotatable bonds is 5. The third kappa shape index (κ3) is 3.92. The Hall–Kier alpha value is -3.42. The molecule has 3 rings (SSSR count). The Kier molecular flexibility index (Phi) is 4.60. The maximum absolute atomic E-state index is 12.2. The van der Waals surface area contributed by atoms with Gasteiger partial charge in [0.2, 0.25) is 0 Å². The van der Waals surface area contributed by atoms with E-state index in [0.717, 1.165) is 5.56 Å². The molecule has 1 amide bonds. The largest absolute Gasteiger partial charge is 0.448 e. The molecule has 2 N–H and O–H groups in total. The van der Waals surface area contributed by atoms with E-state index in [-0.39, 0.29) is 11.5 Å². The molecule has 0 bridgehead atoms. The van der Waals surface area contributed by atoms with E-state index in [9.17, 15) is 9.59 Å². The second kappa shape index (κ2) is 7.00. The minimum absolute atomic E-state index is 0.163. The fourth-order valence-electron chi connectivity index (χ4n) is 2.11. The number of carbonyl (C=O) groups excluding carboxylic acids is 2. The summed E-state index contributed by atoms with van der Waals surface area (Å²) in [6, 6.07) is 12.5. The van der Waals surface area contributed by atoms with Crippen molar-refractivity contribution < 1.29 is 18.8 Å². The van der Waals surface area contributed by atoms with Gasteiger partial charge in [0.25, 0.3) is 5.91 Å². The lowest BCUT2D eigenvalue weighted by atomic mass is 10.1. The van der Waals surface area contributed by atoms with Crippen molar-refractivity contribution in [2.75, 3.05) is 5.32 Å². The molecule has 0 aliphatic carbocycles. The zero-order chi connectivity index (χ0) is 17.8. The monoisotopic (exact) mass is 340 g/mol. The van der Waals surface area contributed by atoms with E-state index in [1.54, 1.807) is 19.1 Å². The van der Waals surface area contributed by atoms with Crippen LogP contribution < -0.4 is 5.32 Å². The molecule has 0 aliphatic heterocycles. The Labute approximate surface area is 143 Å². The van der Waals surface area contributed by atoms with Crippen LogP contribution in [0.5, 0.6) is 0 Å². The number of aromatic amines is 1. The van der Waals surface area contributed by atoms with Gasteiger partial charge in [-0.1, -0.05) is 35.5 Å². The molecule has 0 saturated heterocycles. The van der Waals surface area contributed by atoms with Crippen molar-refractivity contribution in [3.05, 3.63) is 53.9 Å². The van der Waals surface area contributed by atoms with Crippen LogP contribution in [0.1, 0.15) is 23.2 Å². The number of aromatic nitrogens is 3. The average molecular weight is 340 g/mol. The van der Waals surface area contributed by atoms with Gasteiger partial charge in [-0.05, 0) is 19.9 Å². The molecule has 3 aromatic rings. The molecule has 8 nitrogen and oxygen atoms in total. The molecule has 0 saturated carbocycles. The van der Waals surface area contributed by atoms with Crippen molar-refractivity contribution in [2.24, 2.45) is 0 Å². The normalized spacial score (nSPS) is 11.8. The predicted octanol–water partition coefficient (Wildman–Crippen LogP) is 2.56. The summed E-state index contributed by atoms with van der Waals surface area (Å²) in [6.07, 6.45) is -1.01. The molecule has 128 valence electrons. The number of carbonyl (C=O) groups is 2. The first kappa shape index (κ1) is 16.4. The lowest BCUT2D eigenvalue weighted by Gasteiger charge is -2.11. The number of hydrogen-bond acceptors (Lipinski definition) is 6. The van der Waals surface area contributed by atoms with Crippen molar-refractivity contribution >= 4 is 17.7 Å². The summed E-state index contributed by atoms with van der Waals surface area (Å²) >= 11 is 0. The Balaban J connectivity index is 1.62. The molecule has 1 atom stereocenters. The number of H-pyrrole nitrogens is 1. The number of hydrogen-bond donors (Lipinski definition) is 2. The molecule has 0 aliphatic rings. The van der Waals surface area contributed by atoms with Crippen LogP contribution in [0, 0.1) is 6.92 Å². The highest BCUT2D eigenvalue weighted by Gasteiger charge is 2.21. The first-order valence-corrected chi connectivity index (χ1v) is 7.59. The highest BCUT2D eigenvalue weighted by molar-refractivity contribution is 5.96. The molecule has 25 heavy (non-hydrogen) atoms. The maximum Gasteiger partial charge on any atom is 0.357 e. The van der Waals surface area contributed by atoms with Crippen LogP contribution in [-0.2, 0) is 9.53 Å². The zero-order valence-corrected chi connectivity index (χ0v) is 13.6. The molecular formula is C17H16N4O4. The van der Waals surface area contributed by atoms with Crippen LogP contribution in [0.2, 0.25) is 0 Å². The zero-order valence-electron chi connectivity index (χ0n) is 13.6. The smallest absolute Gasteiger partial charge is 0.357 e. The van der Waals surface area contributed by atoms with Crippen molar-refractivity contribution in [1.29, 1.82) is 0 Å². The Morgan fingerprint density at radius 3 is 2.68 bits per heavy atom. The van der Waals surface area contributed by atoms with Crippen molar-refractivity contribution in [3.63, 3.8) is 0 Å². The predicted molar refractivity (Wildman–Crippen MR) is 88.8 cm³/mol. The fourth-order valence-corrected chi connectivity index (χ4v) is 2.11. The van der Waals surface area contributed by atoms with Gasteiger partial charge >= 0.3 is 5.97 Å². The molecular weight excluding hydrogens is 324 g/mol. The maximum atomic E-state index is 12.2. The van der Waals surface area contributed by atoms with E-state index in [1.807, 2.05) is 30.3 Å². The van der Waals surface area contributed by atoms with E-state index in [0.29, 0.717) is 11.5 Å². The van der Waals surface area contributed by atoms with Gasteiger partial charge in [-0.25, -0.2) is 4.79 Å². The number of esters is 1. The number of nitrogens with one attached hydrogen (secondary N) is 2. The summed E-state index contributed by atoms with van der Waals surface area (Å²) in [5, 5.41) is 12.9. The average Bonchev–Trinajstić information content (AvgIpc) is 3.25. The van der Waals surface area contributed by atoms with E-state index >= 15 is 0 Å². The lowest BCUT2D eigenvalue weighted by molar-refractivity contribution is -0.123. The summed E-state index contributed by atoms with van der Waals surface area (Å²) in [5.41, 5.74) is 1.64. The first-order valence-electron chi connectivity index (χ1n) is 7.59. The SMILES string of the molecule is Cc1cc(NC(=O)[C@@H](C)OC(=O)c2cc(-c3ccccc3)n[nH]2)no1. The summed E-state index contributed by atoms with van der Waals surface area (Å²) in [7, 11) is 0. The second-order valence-electron chi connectivity index (χ2n) is 5.39. The van der Waals surface area contributed by atoms with Gasteiger partial charge < -0.3 is 14.6 Å². The van der Waals surface area contributed by atoms with Crippen LogP contribution in [0.4, 0.5) is 5.82 Å². The van der Waals surface area contributed by atoms with Crippen molar-refractivity contribution in [3.8, 4) is 11.3 Å². The second-order valence-corrected chi connectivity index (χ2v) is 5.39. The van der Waals surface area contributed by atoms with Gasteiger partial charge in [-0.3, -0.25) is 9.89 Å². The van der Waals surface area contributed by atoms with E-state index in [2.05, 4.69) is 20.7 Å². The standard InChI is InChI=1S/C17H16N4O4/c1-10-8-15(21-25-10)18-16(22)11(2)24-17(23)14-9-13(19-20-14)12-6-4-3-5-7-12/h3-9,11H,1-2H3,(H,19,20)(H,18,21,22)/t11-/m1/s1. The first-order chi connectivity index (χ1) is 12.0. The number of benzene rings is 1. The van der Waals surface area contributed by atoms with E-state index < -0.39 is 18.0 Å². The van der Waals surface area contributed by atoms with Gasteiger partial charge in [-0.2, -0.15) is 5.10 Å². The highest BCUT2D eigenvalue weighted by atomic mass is 16.5. The van der Waals surface area contributed by atoms with Crippen molar-refractivity contribution in [1.82, 2.24) is 15.4 Å². The molecule has 0 fully saturated rings. The van der Waals surface area contributed by atoms with Gasteiger partial charge in [-0.15, -0.1) is 0 Å². The molecule has 8 heteroatoms. The van der Waals surface area contributed by atoms with Gasteiger partial charge in [0.1, 0.15) is 11.5 Å². The molecule has 0 radical (unpaired) electrons. The highest BCUT2D eigenvalue weighted by Crippen LogP contribution is 2.17. The third-order valence-corrected chi connectivity index (χ3v) is 3.40. The molecule has 0 spiro atoms. The van der Waals surface area contributed by atoms with Crippen LogP contribution in [0.3, 0.4) is 0 Å². The quantitative estimate of drug-likeness (QED) is 0.691. The summed E-state index contributed by atoms with van der Waals surface area (Å²) < 4.78 is 10.0. The third-order valence-electron chi connectivity index (χ3n) is 3.40. The van der Waals surface area contributed by atoms with E-state index in [4.69, 9.17) is 9.26 Å². The van der Waals surface area contributed by atoms with Crippen molar-refractivity contribution in [2.45, 2.75) is 20.0 Å². The van der Waals surface area contributed by atoms with Gasteiger partial charge in [0.05, 0.1) is 5.69 Å². The van der Waals surface area contributed by atoms with Crippen LogP contribution in [0.25, 0.3) is 11.3 Å².